The summed E-state index contributed by atoms with van der Waals surface area (Å²) < 4.78 is 0. The highest BCUT2D eigenvalue weighted by molar-refractivity contribution is 8.13. The molecular formula is C11H19N3OS. The lowest BCUT2D eigenvalue weighted by molar-refractivity contribution is -0.124. The van der Waals surface area contributed by atoms with Crippen molar-refractivity contribution in [2.45, 2.75) is 32.7 Å². The van der Waals surface area contributed by atoms with E-state index in [1.807, 2.05) is 0 Å². The largest absolute Gasteiger partial charge is 0.354 e. The maximum atomic E-state index is 11.6. The normalized spacial score (nSPS) is 29.2. The predicted molar refractivity (Wildman–Crippen MR) is 67.7 cm³/mol. The smallest absolute Gasteiger partial charge is 0.242 e. The molecule has 0 radical (unpaired) electrons. The van der Waals surface area contributed by atoms with Gasteiger partial charge in [0, 0.05) is 18.8 Å². The Balaban J connectivity index is 1.90. The van der Waals surface area contributed by atoms with E-state index >= 15 is 0 Å². The van der Waals surface area contributed by atoms with Crippen LogP contribution < -0.4 is 10.6 Å². The molecule has 2 heterocycles. The topological polar surface area (TPSA) is 53.5 Å². The fourth-order valence-electron chi connectivity index (χ4n) is 1.79. The fourth-order valence-corrected chi connectivity index (χ4v) is 2.79. The minimum Gasteiger partial charge on any atom is -0.354 e. The number of hydrogen-bond acceptors (Lipinski definition) is 4. The summed E-state index contributed by atoms with van der Waals surface area (Å²) in [6.07, 6.45) is 1.96. The Bertz CT molecular complexity index is 314. The van der Waals surface area contributed by atoms with Crippen LogP contribution in [-0.2, 0) is 4.79 Å². The van der Waals surface area contributed by atoms with Crippen molar-refractivity contribution in [1.29, 1.82) is 0 Å². The summed E-state index contributed by atoms with van der Waals surface area (Å²) in [5, 5.41) is 7.05. The maximum Gasteiger partial charge on any atom is 0.242 e. The molecule has 1 amide bonds. The quantitative estimate of drug-likeness (QED) is 0.719. The van der Waals surface area contributed by atoms with Crippen LogP contribution >= 0.6 is 11.8 Å². The Labute approximate surface area is 101 Å². The zero-order chi connectivity index (χ0) is 11.6. The second kappa shape index (κ2) is 4.65. The average Bonchev–Trinajstić information content (AvgIpc) is 2.24. The van der Waals surface area contributed by atoms with Gasteiger partial charge in [-0.3, -0.25) is 9.79 Å². The van der Waals surface area contributed by atoms with Crippen LogP contribution in [0.3, 0.4) is 0 Å². The first-order valence-electron chi connectivity index (χ1n) is 5.78. The van der Waals surface area contributed by atoms with Crippen LogP contribution in [0, 0.1) is 5.41 Å². The van der Waals surface area contributed by atoms with Crippen LogP contribution in [0.4, 0.5) is 0 Å². The number of aliphatic imine (C=N–C) groups is 1. The molecule has 0 aromatic carbocycles. The summed E-state index contributed by atoms with van der Waals surface area (Å²) in [5.74, 6) is 1.17. The first kappa shape index (κ1) is 11.8. The van der Waals surface area contributed by atoms with Crippen molar-refractivity contribution in [2.24, 2.45) is 10.4 Å². The van der Waals surface area contributed by atoms with Crippen LogP contribution in [0.25, 0.3) is 0 Å². The summed E-state index contributed by atoms with van der Waals surface area (Å²) in [7, 11) is 0. The minimum atomic E-state index is -0.0822. The molecule has 1 saturated heterocycles. The third-order valence-electron chi connectivity index (χ3n) is 2.83. The molecule has 5 heteroatoms. The van der Waals surface area contributed by atoms with Gasteiger partial charge in [0.05, 0.1) is 0 Å². The molecule has 90 valence electrons. The van der Waals surface area contributed by atoms with Crippen LogP contribution in [0.15, 0.2) is 4.99 Å². The number of amidine groups is 1. The van der Waals surface area contributed by atoms with Gasteiger partial charge in [-0.15, -0.1) is 0 Å². The first-order chi connectivity index (χ1) is 7.57. The highest BCUT2D eigenvalue weighted by Gasteiger charge is 2.27. The van der Waals surface area contributed by atoms with Crippen molar-refractivity contribution < 1.29 is 4.79 Å². The lowest BCUT2D eigenvalue weighted by Crippen LogP contribution is -2.50. The van der Waals surface area contributed by atoms with E-state index < -0.39 is 0 Å². The molecule has 0 aliphatic carbocycles. The molecule has 4 nitrogen and oxygen atoms in total. The number of rotatable bonds is 1. The van der Waals surface area contributed by atoms with E-state index in [4.69, 9.17) is 0 Å². The Hall–Kier alpha value is -0.710. The Morgan fingerprint density at radius 2 is 2.38 bits per heavy atom. The minimum absolute atomic E-state index is 0.0822. The summed E-state index contributed by atoms with van der Waals surface area (Å²) in [4.78, 5) is 16.1. The van der Waals surface area contributed by atoms with Gasteiger partial charge in [0.1, 0.15) is 6.04 Å². The van der Waals surface area contributed by atoms with Gasteiger partial charge in [-0.1, -0.05) is 25.6 Å². The molecule has 16 heavy (non-hydrogen) atoms. The molecule has 2 rings (SSSR count). The lowest BCUT2D eigenvalue weighted by atomic mass is 9.97. The number of carbonyl (C=O) groups excluding carboxylic acids is 1. The third-order valence-corrected chi connectivity index (χ3v) is 4.28. The molecule has 1 unspecified atom stereocenters. The number of thioether (sulfide) groups is 1. The number of piperidine rings is 1. The molecular weight excluding hydrogens is 222 g/mol. The van der Waals surface area contributed by atoms with Crippen molar-refractivity contribution in [3.8, 4) is 0 Å². The number of amides is 1. The fraction of sp³-hybridized carbons (Fsp3) is 0.818. The molecule has 0 bridgehead atoms. The zero-order valence-electron chi connectivity index (χ0n) is 9.88. The number of nitrogens with zero attached hydrogens (tertiary/aromatic N) is 1. The van der Waals surface area contributed by atoms with E-state index in [0.29, 0.717) is 0 Å². The van der Waals surface area contributed by atoms with E-state index in [2.05, 4.69) is 29.5 Å². The van der Waals surface area contributed by atoms with E-state index in [1.165, 1.54) is 0 Å². The average molecular weight is 241 g/mol. The number of hydrogen-bond donors (Lipinski definition) is 2. The van der Waals surface area contributed by atoms with Crippen molar-refractivity contribution >= 4 is 22.8 Å². The van der Waals surface area contributed by atoms with Crippen molar-refractivity contribution in [3.05, 3.63) is 0 Å². The van der Waals surface area contributed by atoms with Crippen molar-refractivity contribution in [1.82, 2.24) is 10.6 Å². The molecule has 2 N–H and O–H groups in total. The number of carbonyl (C=O) groups is 1. The Kier molecular flexibility index (Phi) is 3.42. The molecule has 0 aromatic rings. The van der Waals surface area contributed by atoms with E-state index in [9.17, 15) is 4.79 Å². The van der Waals surface area contributed by atoms with Gasteiger partial charge in [-0.2, -0.15) is 0 Å². The second-order valence-electron chi connectivity index (χ2n) is 5.20. The number of nitrogens with one attached hydrogen (secondary N) is 2. The molecule has 0 spiro atoms. The Morgan fingerprint density at radius 1 is 1.56 bits per heavy atom. The second-order valence-corrected chi connectivity index (χ2v) is 6.17. The van der Waals surface area contributed by atoms with Gasteiger partial charge < -0.3 is 10.6 Å². The summed E-state index contributed by atoms with van der Waals surface area (Å²) in [5.41, 5.74) is 0.282. The van der Waals surface area contributed by atoms with E-state index in [0.717, 1.165) is 36.9 Å². The van der Waals surface area contributed by atoms with Gasteiger partial charge in [0.25, 0.3) is 0 Å². The monoisotopic (exact) mass is 241 g/mol. The predicted octanol–water partition coefficient (Wildman–Crippen LogP) is 0.984. The van der Waals surface area contributed by atoms with Gasteiger partial charge in [-0.05, 0) is 18.3 Å². The lowest BCUT2D eigenvalue weighted by Gasteiger charge is -2.30. The first-order valence-corrected chi connectivity index (χ1v) is 6.77. The molecule has 0 aromatic heterocycles. The van der Waals surface area contributed by atoms with Crippen molar-refractivity contribution in [3.63, 3.8) is 0 Å². The zero-order valence-corrected chi connectivity index (χ0v) is 10.7. The van der Waals surface area contributed by atoms with Gasteiger partial charge in [0.15, 0.2) is 5.17 Å². The van der Waals surface area contributed by atoms with Crippen LogP contribution in [0.1, 0.15) is 26.7 Å². The van der Waals surface area contributed by atoms with Gasteiger partial charge >= 0.3 is 0 Å². The van der Waals surface area contributed by atoms with Gasteiger partial charge in [0.2, 0.25) is 5.91 Å². The Morgan fingerprint density at radius 3 is 3.00 bits per heavy atom. The highest BCUT2D eigenvalue weighted by Crippen LogP contribution is 2.27. The van der Waals surface area contributed by atoms with Crippen LogP contribution in [0.2, 0.25) is 0 Å². The molecule has 2 aliphatic heterocycles. The summed E-state index contributed by atoms with van der Waals surface area (Å²) >= 11 is 1.72. The van der Waals surface area contributed by atoms with Gasteiger partial charge in [-0.25, -0.2) is 0 Å². The van der Waals surface area contributed by atoms with Crippen molar-refractivity contribution in [2.75, 3.05) is 18.8 Å². The molecule has 1 atom stereocenters. The third kappa shape index (κ3) is 2.90. The van der Waals surface area contributed by atoms with E-state index in [-0.39, 0.29) is 17.4 Å². The SMILES string of the molecule is CC1(C)CN=C(NC2CCCNC2=O)SC1. The van der Waals surface area contributed by atoms with Crippen LogP contribution in [0.5, 0.6) is 0 Å². The molecule has 1 fully saturated rings. The summed E-state index contributed by atoms with van der Waals surface area (Å²) in [6.45, 7) is 6.08. The molecule has 2 aliphatic rings. The summed E-state index contributed by atoms with van der Waals surface area (Å²) in [6, 6.07) is -0.0822. The van der Waals surface area contributed by atoms with Crippen LogP contribution in [-0.4, -0.2) is 36.0 Å². The maximum absolute atomic E-state index is 11.6. The van der Waals surface area contributed by atoms with E-state index in [1.54, 1.807) is 11.8 Å². The standard InChI is InChI=1S/C11H19N3OS/c1-11(2)6-13-10(16-7-11)14-8-4-3-5-12-9(8)15/h8H,3-7H2,1-2H3,(H,12,15)(H,13,14). The molecule has 0 saturated carbocycles. The highest BCUT2D eigenvalue weighted by atomic mass is 32.2.